The van der Waals surface area contributed by atoms with Crippen molar-refractivity contribution in [3.63, 3.8) is 0 Å². The van der Waals surface area contributed by atoms with Crippen LogP contribution >= 0.6 is 0 Å². The van der Waals surface area contributed by atoms with Crippen LogP contribution in [0.5, 0.6) is 0 Å². The fourth-order valence-electron chi connectivity index (χ4n) is 3.33. The van der Waals surface area contributed by atoms with Gasteiger partial charge in [-0.25, -0.2) is 9.37 Å². The van der Waals surface area contributed by atoms with E-state index in [0.29, 0.717) is 5.69 Å². The van der Waals surface area contributed by atoms with Gasteiger partial charge in [0.2, 0.25) is 0 Å². The predicted molar refractivity (Wildman–Crippen MR) is 107 cm³/mol. The van der Waals surface area contributed by atoms with Gasteiger partial charge in [0.25, 0.3) is 5.91 Å². The molecule has 1 saturated heterocycles. The number of benzene rings is 1. The molecule has 1 amide bonds. The molecule has 1 atom stereocenters. The van der Waals surface area contributed by atoms with Gasteiger partial charge < -0.3 is 21.7 Å². The lowest BCUT2D eigenvalue weighted by Gasteiger charge is -2.25. The summed E-state index contributed by atoms with van der Waals surface area (Å²) in [6.07, 6.45) is 3.65. The van der Waals surface area contributed by atoms with Crippen molar-refractivity contribution in [3.8, 4) is 0 Å². The van der Waals surface area contributed by atoms with Crippen LogP contribution in [0.3, 0.4) is 0 Å². The van der Waals surface area contributed by atoms with Crippen LogP contribution < -0.4 is 21.7 Å². The number of pyridine rings is 2. The highest BCUT2D eigenvalue weighted by Gasteiger charge is 2.19. The van der Waals surface area contributed by atoms with Crippen LogP contribution in [0.2, 0.25) is 0 Å². The van der Waals surface area contributed by atoms with Gasteiger partial charge in [-0.15, -0.1) is 0 Å². The third-order valence-corrected chi connectivity index (χ3v) is 4.74. The number of anilines is 3. The molecule has 0 radical (unpaired) electrons. The van der Waals surface area contributed by atoms with Crippen molar-refractivity contribution in [2.45, 2.75) is 18.9 Å². The van der Waals surface area contributed by atoms with Crippen molar-refractivity contribution in [2.75, 3.05) is 23.7 Å². The molecule has 0 bridgehead atoms. The number of carbonyl (C=O) groups excluding carboxylic acids is 1. The largest absolute Gasteiger partial charge is 0.365 e. The van der Waals surface area contributed by atoms with Crippen molar-refractivity contribution >= 4 is 34.1 Å². The second-order valence-corrected chi connectivity index (χ2v) is 6.80. The Kier molecular flexibility index (Phi) is 5.03. The summed E-state index contributed by atoms with van der Waals surface area (Å²) >= 11 is 0. The number of primary amides is 1. The highest BCUT2D eigenvalue weighted by atomic mass is 19.1. The number of nitrogens with one attached hydrogen (secondary N) is 3. The lowest BCUT2D eigenvalue weighted by Crippen LogP contribution is -2.38. The van der Waals surface area contributed by atoms with Gasteiger partial charge in [0.1, 0.15) is 5.82 Å². The Bertz CT molecular complexity index is 1020. The van der Waals surface area contributed by atoms with Crippen LogP contribution in [0.25, 0.3) is 10.9 Å². The molecule has 8 heteroatoms. The van der Waals surface area contributed by atoms with Crippen LogP contribution in [0, 0.1) is 5.82 Å². The minimum atomic E-state index is -0.748. The summed E-state index contributed by atoms with van der Waals surface area (Å²) < 4.78 is 14.5. The van der Waals surface area contributed by atoms with Gasteiger partial charge in [-0.1, -0.05) is 6.07 Å². The normalized spacial score (nSPS) is 16.7. The van der Waals surface area contributed by atoms with Gasteiger partial charge in [-0.2, -0.15) is 0 Å². The van der Waals surface area contributed by atoms with Crippen LogP contribution in [-0.2, 0) is 0 Å². The first-order valence-corrected chi connectivity index (χ1v) is 9.19. The number of amides is 1. The van der Waals surface area contributed by atoms with Gasteiger partial charge in [0.05, 0.1) is 11.1 Å². The number of piperidine rings is 1. The Morgan fingerprint density at radius 3 is 2.93 bits per heavy atom. The summed E-state index contributed by atoms with van der Waals surface area (Å²) in [5, 5.41) is 10.4. The summed E-state index contributed by atoms with van der Waals surface area (Å²) in [6, 6.07) is 10.5. The molecule has 0 spiro atoms. The van der Waals surface area contributed by atoms with E-state index in [2.05, 4.69) is 25.9 Å². The van der Waals surface area contributed by atoms with Gasteiger partial charge in [0.15, 0.2) is 11.6 Å². The zero-order valence-electron chi connectivity index (χ0n) is 15.2. The standard InChI is InChI=1S/C20H21FN6O/c21-16-10-15(18(22)28)19(27-20(16)26-14-4-2-7-23-11-14)25-13-5-6-17-12(9-13)3-1-8-24-17/h1,3,5-6,8-10,14,23H,2,4,7,11H2,(H2,22,28)(H2,25,26,27). The first-order valence-electron chi connectivity index (χ1n) is 9.19. The molecule has 3 aromatic rings. The molecule has 0 aliphatic carbocycles. The van der Waals surface area contributed by atoms with Crippen molar-refractivity contribution in [1.82, 2.24) is 15.3 Å². The van der Waals surface area contributed by atoms with E-state index >= 15 is 0 Å². The Balaban J connectivity index is 1.66. The number of nitrogens with two attached hydrogens (primary N) is 1. The summed E-state index contributed by atoms with van der Waals surface area (Å²) in [4.78, 5) is 20.4. The zero-order chi connectivity index (χ0) is 19.5. The molecule has 1 aliphatic rings. The molecule has 7 nitrogen and oxygen atoms in total. The maximum atomic E-state index is 14.5. The molecule has 1 fully saturated rings. The monoisotopic (exact) mass is 380 g/mol. The molecular formula is C20H21FN6O. The van der Waals surface area contributed by atoms with Crippen LogP contribution in [0.4, 0.5) is 21.7 Å². The molecule has 1 aromatic carbocycles. The number of hydrogen-bond donors (Lipinski definition) is 4. The Morgan fingerprint density at radius 1 is 1.25 bits per heavy atom. The van der Waals surface area contributed by atoms with Crippen molar-refractivity contribution in [1.29, 1.82) is 0 Å². The minimum absolute atomic E-state index is 0.00361. The number of hydrogen-bond acceptors (Lipinski definition) is 6. The third kappa shape index (κ3) is 3.86. The number of carbonyl (C=O) groups is 1. The van der Waals surface area contributed by atoms with E-state index in [4.69, 9.17) is 5.73 Å². The molecular weight excluding hydrogens is 359 g/mol. The fourth-order valence-corrected chi connectivity index (χ4v) is 3.33. The molecule has 0 saturated carbocycles. The second kappa shape index (κ2) is 7.77. The van der Waals surface area contributed by atoms with Crippen molar-refractivity contribution < 1.29 is 9.18 Å². The molecule has 1 aliphatic heterocycles. The quantitative estimate of drug-likeness (QED) is 0.543. The summed E-state index contributed by atoms with van der Waals surface area (Å²) in [7, 11) is 0. The van der Waals surface area contributed by atoms with E-state index in [9.17, 15) is 9.18 Å². The van der Waals surface area contributed by atoms with Gasteiger partial charge >= 0.3 is 0 Å². The molecule has 3 heterocycles. The molecule has 1 unspecified atom stereocenters. The number of rotatable bonds is 5. The maximum absolute atomic E-state index is 14.5. The summed E-state index contributed by atoms with van der Waals surface area (Å²) in [5.41, 5.74) is 6.98. The molecule has 5 N–H and O–H groups in total. The highest BCUT2D eigenvalue weighted by molar-refractivity contribution is 5.99. The van der Waals surface area contributed by atoms with Crippen molar-refractivity contribution in [2.24, 2.45) is 5.73 Å². The average Bonchev–Trinajstić information content (AvgIpc) is 2.71. The summed E-state index contributed by atoms with van der Waals surface area (Å²) in [5.74, 6) is -1.04. The number of halogens is 1. The van der Waals surface area contributed by atoms with Gasteiger partial charge in [0, 0.05) is 29.9 Å². The molecule has 28 heavy (non-hydrogen) atoms. The fraction of sp³-hybridized carbons (Fsp3) is 0.250. The smallest absolute Gasteiger partial charge is 0.252 e. The topological polar surface area (TPSA) is 105 Å². The number of aromatic nitrogens is 2. The van der Waals surface area contributed by atoms with E-state index < -0.39 is 11.7 Å². The van der Waals surface area contributed by atoms with E-state index in [-0.39, 0.29) is 23.2 Å². The number of fused-ring (bicyclic) bond motifs is 1. The SMILES string of the molecule is NC(=O)c1cc(F)c(NC2CCCNC2)nc1Nc1ccc2ncccc2c1. The van der Waals surface area contributed by atoms with E-state index in [1.165, 1.54) is 0 Å². The lowest BCUT2D eigenvalue weighted by molar-refractivity contribution is 0.100. The first kappa shape index (κ1) is 18.1. The van der Waals surface area contributed by atoms with Crippen molar-refractivity contribution in [3.05, 3.63) is 54.0 Å². The number of nitrogens with zero attached hydrogens (tertiary/aromatic N) is 2. The van der Waals surface area contributed by atoms with E-state index in [1.807, 2.05) is 30.3 Å². The average molecular weight is 380 g/mol. The van der Waals surface area contributed by atoms with E-state index in [0.717, 1.165) is 42.9 Å². The Hall–Kier alpha value is -3.26. The van der Waals surface area contributed by atoms with Gasteiger partial charge in [-0.05, 0) is 49.7 Å². The molecule has 2 aromatic heterocycles. The Labute approximate surface area is 161 Å². The van der Waals surface area contributed by atoms with Crippen LogP contribution in [0.15, 0.2) is 42.6 Å². The first-order chi connectivity index (χ1) is 13.6. The minimum Gasteiger partial charge on any atom is -0.365 e. The van der Waals surface area contributed by atoms with Crippen LogP contribution in [-0.4, -0.2) is 35.0 Å². The second-order valence-electron chi connectivity index (χ2n) is 6.80. The summed E-state index contributed by atoms with van der Waals surface area (Å²) in [6.45, 7) is 1.69. The van der Waals surface area contributed by atoms with Crippen LogP contribution in [0.1, 0.15) is 23.2 Å². The van der Waals surface area contributed by atoms with E-state index in [1.54, 1.807) is 6.20 Å². The lowest BCUT2D eigenvalue weighted by atomic mass is 10.1. The Morgan fingerprint density at radius 2 is 2.14 bits per heavy atom. The zero-order valence-corrected chi connectivity index (χ0v) is 15.2. The third-order valence-electron chi connectivity index (χ3n) is 4.74. The maximum Gasteiger partial charge on any atom is 0.252 e. The molecule has 144 valence electrons. The molecule has 4 rings (SSSR count). The highest BCUT2D eigenvalue weighted by Crippen LogP contribution is 2.26. The predicted octanol–water partition coefficient (Wildman–Crippen LogP) is 2.78. The van der Waals surface area contributed by atoms with Gasteiger partial charge in [-0.3, -0.25) is 9.78 Å².